The highest BCUT2D eigenvalue weighted by Gasteiger charge is 2.22. The van der Waals surface area contributed by atoms with Gasteiger partial charge in [0.1, 0.15) is 5.75 Å². The molecular weight excluding hydrogens is 212 g/mol. The minimum atomic E-state index is -0.294. The Kier molecular flexibility index (Phi) is 2.70. The Hall–Kier alpha value is -1.02. The van der Waals surface area contributed by atoms with E-state index in [1.54, 1.807) is 0 Å². The van der Waals surface area contributed by atoms with E-state index in [1.165, 1.54) is 0 Å². The molecule has 0 fully saturated rings. The highest BCUT2D eigenvalue weighted by Crippen LogP contribution is 2.35. The molecule has 0 bridgehead atoms. The van der Waals surface area contributed by atoms with E-state index in [0.717, 1.165) is 46.6 Å². The van der Waals surface area contributed by atoms with E-state index in [-0.39, 0.29) is 6.10 Å². The molecule has 0 N–H and O–H groups in total. The molecule has 1 atom stereocenters. The highest BCUT2D eigenvalue weighted by atomic mass is 35.5. The van der Waals surface area contributed by atoms with Crippen molar-refractivity contribution in [2.75, 3.05) is 0 Å². The third-order valence-electron chi connectivity index (χ3n) is 2.88. The lowest BCUT2D eigenvalue weighted by Gasteiger charge is -2.25. The fourth-order valence-corrected chi connectivity index (χ4v) is 2.15. The Morgan fingerprint density at radius 2 is 2.27 bits per heavy atom. The van der Waals surface area contributed by atoms with Crippen LogP contribution < -0.4 is 4.74 Å². The maximum absolute atomic E-state index is 10.7. The molecule has 0 amide bonds. The van der Waals surface area contributed by atoms with Gasteiger partial charge in [-0.15, -0.1) is 0 Å². The second kappa shape index (κ2) is 3.86. The number of benzene rings is 1. The zero-order valence-electron chi connectivity index (χ0n) is 8.84. The Balaban J connectivity index is 2.48. The van der Waals surface area contributed by atoms with Gasteiger partial charge in [-0.1, -0.05) is 11.6 Å². The molecule has 1 aromatic carbocycles. The maximum atomic E-state index is 10.7. The average Bonchev–Trinajstić information content (AvgIpc) is 2.25. The number of aldehydes is 1. The summed E-state index contributed by atoms with van der Waals surface area (Å²) >= 11 is 6.16. The molecule has 15 heavy (non-hydrogen) atoms. The van der Waals surface area contributed by atoms with Crippen LogP contribution in [0.1, 0.15) is 23.1 Å². The van der Waals surface area contributed by atoms with Crippen LogP contribution >= 0.6 is 11.6 Å². The zero-order valence-corrected chi connectivity index (χ0v) is 9.60. The maximum Gasteiger partial charge on any atom is 0.160 e. The second-order valence-electron chi connectivity index (χ2n) is 3.94. The smallest absolute Gasteiger partial charge is 0.160 e. The molecule has 1 aliphatic heterocycles. The number of aryl methyl sites for hydroxylation is 1. The number of rotatable bonds is 1. The van der Waals surface area contributed by atoms with Gasteiger partial charge in [-0.3, -0.25) is 4.79 Å². The molecular formula is C12H13ClO2. The van der Waals surface area contributed by atoms with Gasteiger partial charge < -0.3 is 4.74 Å². The molecule has 0 aliphatic carbocycles. The van der Waals surface area contributed by atoms with Crippen molar-refractivity contribution in [3.05, 3.63) is 27.8 Å². The quantitative estimate of drug-likeness (QED) is 0.686. The summed E-state index contributed by atoms with van der Waals surface area (Å²) in [5.41, 5.74) is 3.22. The van der Waals surface area contributed by atoms with E-state index >= 15 is 0 Å². The molecule has 0 saturated heterocycles. The molecule has 1 aromatic rings. The minimum absolute atomic E-state index is 0.294. The summed E-state index contributed by atoms with van der Waals surface area (Å²) in [6.45, 7) is 3.95. The van der Waals surface area contributed by atoms with Crippen molar-refractivity contribution in [1.82, 2.24) is 0 Å². The summed E-state index contributed by atoms with van der Waals surface area (Å²) < 4.78 is 5.57. The first-order valence-electron chi connectivity index (χ1n) is 5.04. The first-order valence-corrected chi connectivity index (χ1v) is 5.41. The number of fused-ring (bicyclic) bond motifs is 1. The summed E-state index contributed by atoms with van der Waals surface area (Å²) in [5, 5.41) is 0.807. The van der Waals surface area contributed by atoms with Crippen LogP contribution in [0, 0.1) is 13.8 Å². The summed E-state index contributed by atoms with van der Waals surface area (Å²) in [7, 11) is 0. The number of carbonyl (C=O) groups excluding carboxylic acids is 1. The van der Waals surface area contributed by atoms with Crippen LogP contribution in [0.3, 0.4) is 0 Å². The van der Waals surface area contributed by atoms with Gasteiger partial charge in [0.15, 0.2) is 12.4 Å². The van der Waals surface area contributed by atoms with E-state index in [0.29, 0.717) is 0 Å². The molecule has 2 nitrogen and oxygen atoms in total. The summed E-state index contributed by atoms with van der Waals surface area (Å²) in [4.78, 5) is 10.7. The fraction of sp³-hybridized carbons (Fsp3) is 0.417. The van der Waals surface area contributed by atoms with Crippen LogP contribution in [0.15, 0.2) is 6.07 Å². The van der Waals surface area contributed by atoms with Gasteiger partial charge in [-0.05, 0) is 49.4 Å². The first kappa shape index (κ1) is 10.5. The molecule has 3 heteroatoms. The van der Waals surface area contributed by atoms with E-state index in [1.807, 2.05) is 19.9 Å². The van der Waals surface area contributed by atoms with Crippen LogP contribution in [0.5, 0.6) is 5.75 Å². The van der Waals surface area contributed by atoms with Crippen molar-refractivity contribution >= 4 is 17.9 Å². The third kappa shape index (κ3) is 1.74. The topological polar surface area (TPSA) is 26.3 Å². The third-order valence-corrected chi connectivity index (χ3v) is 3.46. The van der Waals surface area contributed by atoms with Crippen LogP contribution in [0.2, 0.25) is 5.02 Å². The highest BCUT2D eigenvalue weighted by molar-refractivity contribution is 6.32. The van der Waals surface area contributed by atoms with Gasteiger partial charge in [0.2, 0.25) is 0 Å². The van der Waals surface area contributed by atoms with Crippen LogP contribution in [-0.4, -0.2) is 12.4 Å². The molecule has 0 aromatic heterocycles. The van der Waals surface area contributed by atoms with Gasteiger partial charge in [-0.2, -0.15) is 0 Å². The van der Waals surface area contributed by atoms with Crippen LogP contribution in [0.4, 0.5) is 0 Å². The predicted octanol–water partition coefficient (Wildman–Crippen LogP) is 2.85. The van der Waals surface area contributed by atoms with E-state index < -0.39 is 0 Å². The summed E-state index contributed by atoms with van der Waals surface area (Å²) in [5.74, 6) is 0.817. The molecule has 0 saturated carbocycles. The number of ether oxygens (including phenoxy) is 1. The van der Waals surface area contributed by atoms with Gasteiger partial charge in [0, 0.05) is 5.02 Å². The number of halogens is 1. The van der Waals surface area contributed by atoms with Gasteiger partial charge >= 0.3 is 0 Å². The predicted molar refractivity (Wildman–Crippen MR) is 59.7 cm³/mol. The number of hydrogen-bond donors (Lipinski definition) is 0. The fourth-order valence-electron chi connectivity index (χ4n) is 1.98. The van der Waals surface area contributed by atoms with Crippen molar-refractivity contribution in [2.24, 2.45) is 0 Å². The number of carbonyl (C=O) groups is 1. The molecule has 1 aliphatic rings. The van der Waals surface area contributed by atoms with Crippen molar-refractivity contribution in [1.29, 1.82) is 0 Å². The Morgan fingerprint density at radius 1 is 1.53 bits per heavy atom. The Bertz CT molecular complexity index is 413. The van der Waals surface area contributed by atoms with Crippen LogP contribution in [0.25, 0.3) is 0 Å². The standard InChI is InChI=1S/C12H13ClO2/c1-7-5-11-10(8(2)12(7)13)4-3-9(6-14)15-11/h5-6,9H,3-4H2,1-2H3. The van der Waals surface area contributed by atoms with Crippen molar-refractivity contribution < 1.29 is 9.53 Å². The largest absolute Gasteiger partial charge is 0.483 e. The lowest BCUT2D eigenvalue weighted by Crippen LogP contribution is -2.24. The minimum Gasteiger partial charge on any atom is -0.483 e. The molecule has 1 heterocycles. The van der Waals surface area contributed by atoms with Gasteiger partial charge in [0.25, 0.3) is 0 Å². The number of hydrogen-bond acceptors (Lipinski definition) is 2. The summed E-state index contributed by atoms with van der Waals surface area (Å²) in [6, 6.07) is 1.92. The average molecular weight is 225 g/mol. The van der Waals surface area contributed by atoms with Gasteiger partial charge in [-0.25, -0.2) is 0 Å². The van der Waals surface area contributed by atoms with E-state index in [9.17, 15) is 4.79 Å². The molecule has 2 rings (SSSR count). The molecule has 1 unspecified atom stereocenters. The molecule has 80 valence electrons. The monoisotopic (exact) mass is 224 g/mol. The van der Waals surface area contributed by atoms with E-state index in [4.69, 9.17) is 16.3 Å². The van der Waals surface area contributed by atoms with E-state index in [2.05, 4.69) is 0 Å². The van der Waals surface area contributed by atoms with Gasteiger partial charge in [0.05, 0.1) is 0 Å². The normalized spacial score (nSPS) is 19.3. The Labute approximate surface area is 94.2 Å². The first-order chi connectivity index (χ1) is 7.13. The lowest BCUT2D eigenvalue weighted by molar-refractivity contribution is -0.114. The van der Waals surface area contributed by atoms with Crippen molar-refractivity contribution in [3.63, 3.8) is 0 Å². The van der Waals surface area contributed by atoms with Crippen molar-refractivity contribution in [3.8, 4) is 5.75 Å². The molecule has 0 radical (unpaired) electrons. The molecule has 0 spiro atoms. The van der Waals surface area contributed by atoms with Crippen LogP contribution in [-0.2, 0) is 11.2 Å². The zero-order chi connectivity index (χ0) is 11.0. The van der Waals surface area contributed by atoms with Crippen molar-refractivity contribution in [2.45, 2.75) is 32.8 Å². The lowest BCUT2D eigenvalue weighted by atomic mass is 9.96. The Morgan fingerprint density at radius 3 is 2.93 bits per heavy atom. The SMILES string of the molecule is Cc1cc2c(c(C)c1Cl)CCC(C=O)O2. The summed E-state index contributed by atoms with van der Waals surface area (Å²) in [6.07, 6.45) is 2.18. The second-order valence-corrected chi connectivity index (χ2v) is 4.32.